The maximum absolute atomic E-state index is 5.42. The van der Waals surface area contributed by atoms with Crippen LogP contribution in [0.15, 0.2) is 4.52 Å². The largest absolute Gasteiger partial charge is 0.339 e. The fourth-order valence-corrected chi connectivity index (χ4v) is 3.48. The number of hydrogen-bond acceptors (Lipinski definition) is 4. The Hall–Kier alpha value is -0.900. The van der Waals surface area contributed by atoms with Crippen LogP contribution in [0.25, 0.3) is 0 Å². The summed E-state index contributed by atoms with van der Waals surface area (Å²) < 4.78 is 5.42. The Labute approximate surface area is 115 Å². The molecule has 0 spiro atoms. The second kappa shape index (κ2) is 6.04. The molecule has 2 aliphatic rings. The molecule has 1 saturated heterocycles. The first kappa shape index (κ1) is 13.1. The van der Waals surface area contributed by atoms with Crippen molar-refractivity contribution in [2.45, 2.75) is 57.8 Å². The van der Waals surface area contributed by atoms with Gasteiger partial charge in [0.2, 0.25) is 5.89 Å². The Morgan fingerprint density at radius 3 is 3.00 bits per heavy atom. The van der Waals surface area contributed by atoms with Gasteiger partial charge < -0.3 is 9.84 Å². The van der Waals surface area contributed by atoms with Gasteiger partial charge in [0, 0.05) is 12.3 Å². The van der Waals surface area contributed by atoms with Gasteiger partial charge in [-0.05, 0) is 63.5 Å². The molecule has 0 radical (unpaired) electrons. The Morgan fingerprint density at radius 1 is 1.32 bits per heavy atom. The summed E-state index contributed by atoms with van der Waals surface area (Å²) in [6.45, 7) is 4.65. The highest BCUT2D eigenvalue weighted by Crippen LogP contribution is 2.36. The summed E-state index contributed by atoms with van der Waals surface area (Å²) in [5.74, 6) is 3.96. The van der Waals surface area contributed by atoms with Crippen molar-refractivity contribution in [1.29, 1.82) is 0 Å². The average molecular weight is 263 g/mol. The maximum atomic E-state index is 5.42. The molecule has 19 heavy (non-hydrogen) atoms. The number of nitrogens with zero attached hydrogens (tertiary/aromatic N) is 2. The van der Waals surface area contributed by atoms with Crippen molar-refractivity contribution in [3.63, 3.8) is 0 Å². The third-order valence-electron chi connectivity index (χ3n) is 4.71. The molecule has 1 aromatic heterocycles. The monoisotopic (exact) mass is 263 g/mol. The zero-order valence-corrected chi connectivity index (χ0v) is 11.9. The number of rotatable bonds is 4. The first-order valence-corrected chi connectivity index (χ1v) is 7.84. The van der Waals surface area contributed by atoms with E-state index < -0.39 is 0 Å². The summed E-state index contributed by atoms with van der Waals surface area (Å²) in [6.07, 6.45) is 8.53. The lowest BCUT2D eigenvalue weighted by Crippen LogP contribution is -2.29. The van der Waals surface area contributed by atoms with E-state index in [9.17, 15) is 0 Å². The molecule has 0 bridgehead atoms. The van der Waals surface area contributed by atoms with E-state index in [1.807, 2.05) is 0 Å². The Morgan fingerprint density at radius 2 is 2.26 bits per heavy atom. The van der Waals surface area contributed by atoms with Gasteiger partial charge in [-0.1, -0.05) is 12.1 Å². The van der Waals surface area contributed by atoms with Gasteiger partial charge in [-0.3, -0.25) is 0 Å². The molecule has 1 aliphatic heterocycles. The van der Waals surface area contributed by atoms with Gasteiger partial charge in [0.1, 0.15) is 0 Å². The zero-order chi connectivity index (χ0) is 13.1. The molecule has 2 heterocycles. The van der Waals surface area contributed by atoms with Crippen LogP contribution < -0.4 is 5.32 Å². The number of hydrogen-bond donors (Lipinski definition) is 1. The summed E-state index contributed by atoms with van der Waals surface area (Å²) in [5, 5.41) is 7.65. The fraction of sp³-hybridized carbons (Fsp3) is 0.867. The van der Waals surface area contributed by atoms with Crippen molar-refractivity contribution in [2.24, 2.45) is 11.8 Å². The minimum Gasteiger partial charge on any atom is -0.339 e. The smallest absolute Gasteiger partial charge is 0.226 e. The normalized spacial score (nSPS) is 31.7. The van der Waals surface area contributed by atoms with Crippen LogP contribution in [0.2, 0.25) is 0 Å². The van der Waals surface area contributed by atoms with Crippen LogP contribution in [0.3, 0.4) is 0 Å². The molecule has 3 atom stereocenters. The maximum Gasteiger partial charge on any atom is 0.226 e. The van der Waals surface area contributed by atoms with Crippen molar-refractivity contribution in [3.8, 4) is 0 Å². The topological polar surface area (TPSA) is 51.0 Å². The van der Waals surface area contributed by atoms with E-state index in [2.05, 4.69) is 22.4 Å². The van der Waals surface area contributed by atoms with E-state index in [0.717, 1.165) is 36.5 Å². The third-order valence-corrected chi connectivity index (χ3v) is 4.71. The Kier molecular flexibility index (Phi) is 4.16. The number of piperidine rings is 1. The van der Waals surface area contributed by atoms with E-state index >= 15 is 0 Å². The lowest BCUT2D eigenvalue weighted by Gasteiger charge is -2.21. The van der Waals surface area contributed by atoms with Gasteiger partial charge >= 0.3 is 0 Å². The second-order valence-electron chi connectivity index (χ2n) is 6.41. The molecule has 3 unspecified atom stereocenters. The molecule has 1 saturated carbocycles. The minimum atomic E-state index is 0.545. The second-order valence-corrected chi connectivity index (χ2v) is 6.41. The van der Waals surface area contributed by atoms with Crippen molar-refractivity contribution >= 4 is 0 Å². The van der Waals surface area contributed by atoms with Crippen LogP contribution in [-0.4, -0.2) is 23.2 Å². The van der Waals surface area contributed by atoms with Gasteiger partial charge in [0.05, 0.1) is 0 Å². The van der Waals surface area contributed by atoms with Gasteiger partial charge in [-0.2, -0.15) is 4.98 Å². The molecule has 3 rings (SSSR count). The molecule has 0 amide bonds. The molecule has 1 N–H and O–H groups in total. The highest BCUT2D eigenvalue weighted by Gasteiger charge is 2.26. The molecular formula is C15H25N3O. The predicted octanol–water partition coefficient (Wildman–Crippen LogP) is 2.91. The Bertz CT molecular complexity index is 398. The van der Waals surface area contributed by atoms with Gasteiger partial charge in [0.15, 0.2) is 5.82 Å². The quantitative estimate of drug-likeness (QED) is 0.907. The Balaban J connectivity index is 1.50. The fourth-order valence-electron chi connectivity index (χ4n) is 3.48. The molecule has 106 valence electrons. The van der Waals surface area contributed by atoms with Crippen LogP contribution in [0.4, 0.5) is 0 Å². The third kappa shape index (κ3) is 3.35. The first-order valence-electron chi connectivity index (χ1n) is 7.84. The predicted molar refractivity (Wildman–Crippen MR) is 74.0 cm³/mol. The van der Waals surface area contributed by atoms with E-state index in [1.54, 1.807) is 0 Å². The summed E-state index contributed by atoms with van der Waals surface area (Å²) in [5.41, 5.74) is 0. The highest BCUT2D eigenvalue weighted by atomic mass is 16.5. The summed E-state index contributed by atoms with van der Waals surface area (Å²) >= 11 is 0. The van der Waals surface area contributed by atoms with Crippen LogP contribution in [0, 0.1) is 11.8 Å². The standard InChI is InChI=1S/C15H25N3O/c1-11-4-6-13(9-11)15-17-14(19-18-15)7-5-12-3-2-8-16-10-12/h11-13,16H,2-10H2,1H3. The van der Waals surface area contributed by atoms with E-state index in [0.29, 0.717) is 5.92 Å². The number of nitrogens with one attached hydrogen (secondary N) is 1. The molecule has 1 aliphatic carbocycles. The van der Waals surface area contributed by atoms with Gasteiger partial charge in [-0.25, -0.2) is 0 Å². The average Bonchev–Trinajstić information content (AvgIpc) is 3.06. The SMILES string of the molecule is CC1CCC(c2noc(CCC3CCCNC3)n2)C1. The van der Waals surface area contributed by atoms with Gasteiger partial charge in [0.25, 0.3) is 0 Å². The van der Waals surface area contributed by atoms with Crippen LogP contribution >= 0.6 is 0 Å². The zero-order valence-electron chi connectivity index (χ0n) is 11.9. The van der Waals surface area contributed by atoms with Crippen molar-refractivity contribution < 1.29 is 4.52 Å². The van der Waals surface area contributed by atoms with E-state index in [-0.39, 0.29) is 0 Å². The van der Waals surface area contributed by atoms with Crippen LogP contribution in [-0.2, 0) is 6.42 Å². The molecule has 4 heteroatoms. The molecule has 4 nitrogen and oxygen atoms in total. The van der Waals surface area contributed by atoms with E-state index in [1.165, 1.54) is 45.1 Å². The van der Waals surface area contributed by atoms with Gasteiger partial charge in [-0.15, -0.1) is 0 Å². The number of aromatic nitrogens is 2. The summed E-state index contributed by atoms with van der Waals surface area (Å²) in [4.78, 5) is 4.61. The molecule has 2 fully saturated rings. The van der Waals surface area contributed by atoms with Crippen LogP contribution in [0.1, 0.15) is 63.1 Å². The summed E-state index contributed by atoms with van der Waals surface area (Å²) in [7, 11) is 0. The number of aryl methyl sites for hydroxylation is 1. The minimum absolute atomic E-state index is 0.545. The lowest BCUT2D eigenvalue weighted by atomic mass is 9.95. The highest BCUT2D eigenvalue weighted by molar-refractivity contribution is 4.99. The van der Waals surface area contributed by atoms with Crippen LogP contribution in [0.5, 0.6) is 0 Å². The first-order chi connectivity index (χ1) is 9.31. The summed E-state index contributed by atoms with van der Waals surface area (Å²) in [6, 6.07) is 0. The van der Waals surface area contributed by atoms with Crippen molar-refractivity contribution in [1.82, 2.24) is 15.5 Å². The molecular weight excluding hydrogens is 238 g/mol. The molecule has 1 aromatic rings. The molecule has 0 aromatic carbocycles. The van der Waals surface area contributed by atoms with Crippen molar-refractivity contribution in [2.75, 3.05) is 13.1 Å². The lowest BCUT2D eigenvalue weighted by molar-refractivity contribution is 0.325. The van der Waals surface area contributed by atoms with Crippen molar-refractivity contribution in [3.05, 3.63) is 11.7 Å². The van der Waals surface area contributed by atoms with E-state index in [4.69, 9.17) is 4.52 Å².